The fourth-order valence-electron chi connectivity index (χ4n) is 1.49. The molecule has 2 aromatic heterocycles. The van der Waals surface area contributed by atoms with Crippen LogP contribution in [0.15, 0.2) is 30.6 Å². The molecule has 0 aromatic carbocycles. The van der Waals surface area contributed by atoms with Gasteiger partial charge in [-0.15, -0.1) is 0 Å². The van der Waals surface area contributed by atoms with Crippen molar-refractivity contribution in [2.75, 3.05) is 12.3 Å². The quantitative estimate of drug-likeness (QED) is 0.661. The Hall–Kier alpha value is -1.88. The van der Waals surface area contributed by atoms with Crippen LogP contribution < -0.4 is 10.5 Å². The molecule has 0 unspecified atom stereocenters. The Morgan fingerprint density at radius 1 is 1.22 bits per heavy atom. The number of nitrogens with two attached hydrogens (primary N) is 1. The number of aryl methyl sites for hydroxylation is 1. The van der Waals surface area contributed by atoms with Gasteiger partial charge >= 0.3 is 0 Å². The van der Waals surface area contributed by atoms with Gasteiger partial charge in [0.15, 0.2) is 0 Å². The number of anilines is 1. The molecule has 2 N–H and O–H groups in total. The van der Waals surface area contributed by atoms with Gasteiger partial charge in [0, 0.05) is 18.5 Å². The highest BCUT2D eigenvalue weighted by Gasteiger charge is 2.01. The molecule has 0 bridgehead atoms. The smallest absolute Gasteiger partial charge is 0.224 e. The fraction of sp³-hybridized carbons (Fsp3) is 0.250. The van der Waals surface area contributed by atoms with Crippen LogP contribution in [0.2, 0.25) is 5.15 Å². The van der Waals surface area contributed by atoms with Crippen molar-refractivity contribution in [1.29, 1.82) is 0 Å². The summed E-state index contributed by atoms with van der Waals surface area (Å²) < 4.78 is 5.46. The van der Waals surface area contributed by atoms with Gasteiger partial charge in [-0.3, -0.25) is 4.98 Å². The summed E-state index contributed by atoms with van der Waals surface area (Å²) in [5.41, 5.74) is 6.69. The minimum absolute atomic E-state index is 0.117. The molecule has 0 aliphatic carbocycles. The van der Waals surface area contributed by atoms with E-state index in [1.165, 1.54) is 5.56 Å². The second kappa shape index (κ2) is 6.16. The summed E-state index contributed by atoms with van der Waals surface area (Å²) in [7, 11) is 0. The Bertz CT molecular complexity index is 486. The number of ether oxygens (including phenoxy) is 1. The summed E-state index contributed by atoms with van der Waals surface area (Å²) in [6.07, 6.45) is 5.37. The molecule has 18 heavy (non-hydrogen) atoms. The van der Waals surface area contributed by atoms with Gasteiger partial charge in [-0.2, -0.15) is 4.98 Å². The minimum atomic E-state index is 0.117. The molecule has 0 radical (unpaired) electrons. The van der Waals surface area contributed by atoms with E-state index < -0.39 is 0 Å². The van der Waals surface area contributed by atoms with Gasteiger partial charge in [-0.05, 0) is 30.5 Å². The van der Waals surface area contributed by atoms with Gasteiger partial charge in [0.25, 0.3) is 0 Å². The van der Waals surface area contributed by atoms with Gasteiger partial charge in [0.1, 0.15) is 5.15 Å². The molecule has 2 aromatic rings. The summed E-state index contributed by atoms with van der Waals surface area (Å²) in [6.45, 7) is 0.551. The molecule has 0 amide bonds. The Balaban J connectivity index is 1.78. The highest BCUT2D eigenvalue weighted by atomic mass is 35.5. The van der Waals surface area contributed by atoms with Crippen LogP contribution in [0, 0.1) is 0 Å². The Kier molecular flexibility index (Phi) is 4.30. The number of pyridine rings is 1. The van der Waals surface area contributed by atoms with Crippen LogP contribution >= 0.6 is 11.6 Å². The van der Waals surface area contributed by atoms with E-state index >= 15 is 0 Å². The van der Waals surface area contributed by atoms with Gasteiger partial charge in [-0.25, -0.2) is 4.98 Å². The number of hydrogen-bond acceptors (Lipinski definition) is 5. The largest absolute Gasteiger partial charge is 0.477 e. The van der Waals surface area contributed by atoms with Crippen molar-refractivity contribution in [3.8, 4) is 5.88 Å². The molecular formula is C12H13ClN4O. The van der Waals surface area contributed by atoms with E-state index in [-0.39, 0.29) is 11.1 Å². The van der Waals surface area contributed by atoms with Crippen molar-refractivity contribution in [3.63, 3.8) is 0 Å². The predicted octanol–water partition coefficient (Wildman–Crippen LogP) is 2.12. The van der Waals surface area contributed by atoms with Crippen LogP contribution in [-0.4, -0.2) is 21.6 Å². The zero-order valence-electron chi connectivity index (χ0n) is 9.71. The first-order valence-electron chi connectivity index (χ1n) is 5.56. The summed E-state index contributed by atoms with van der Waals surface area (Å²) in [5.74, 6) is 0.522. The van der Waals surface area contributed by atoms with E-state index in [4.69, 9.17) is 22.1 Å². The molecule has 0 saturated carbocycles. The van der Waals surface area contributed by atoms with E-state index in [1.807, 2.05) is 12.1 Å². The topological polar surface area (TPSA) is 73.9 Å². The third kappa shape index (κ3) is 3.85. The summed E-state index contributed by atoms with van der Waals surface area (Å²) >= 11 is 5.74. The van der Waals surface area contributed by atoms with Gasteiger partial charge < -0.3 is 10.5 Å². The number of hydrogen-bond donors (Lipinski definition) is 1. The third-order valence-corrected chi connectivity index (χ3v) is 2.49. The van der Waals surface area contributed by atoms with Crippen molar-refractivity contribution in [1.82, 2.24) is 15.0 Å². The predicted molar refractivity (Wildman–Crippen MR) is 69.5 cm³/mol. The Morgan fingerprint density at radius 3 is 2.72 bits per heavy atom. The second-order valence-electron chi connectivity index (χ2n) is 3.69. The van der Waals surface area contributed by atoms with E-state index in [9.17, 15) is 0 Å². The molecule has 0 spiro atoms. The highest BCUT2D eigenvalue weighted by Crippen LogP contribution is 2.14. The summed E-state index contributed by atoms with van der Waals surface area (Å²) in [4.78, 5) is 11.6. The highest BCUT2D eigenvalue weighted by molar-refractivity contribution is 6.29. The lowest BCUT2D eigenvalue weighted by molar-refractivity contribution is 0.299. The van der Waals surface area contributed by atoms with E-state index in [0.717, 1.165) is 12.8 Å². The van der Waals surface area contributed by atoms with E-state index in [2.05, 4.69) is 15.0 Å². The first-order valence-corrected chi connectivity index (χ1v) is 5.93. The van der Waals surface area contributed by atoms with Gasteiger partial charge in [0.2, 0.25) is 11.8 Å². The fourth-order valence-corrected chi connectivity index (χ4v) is 1.67. The van der Waals surface area contributed by atoms with Crippen LogP contribution in [-0.2, 0) is 6.42 Å². The zero-order valence-corrected chi connectivity index (χ0v) is 10.5. The lowest BCUT2D eigenvalue weighted by Gasteiger charge is -2.05. The average molecular weight is 265 g/mol. The number of halogens is 1. The number of nitrogen functional groups attached to an aromatic ring is 1. The number of nitrogens with zero attached hydrogens (tertiary/aromatic N) is 3. The third-order valence-electron chi connectivity index (χ3n) is 2.30. The van der Waals surface area contributed by atoms with Crippen LogP contribution in [0.25, 0.3) is 0 Å². The first kappa shape index (κ1) is 12.6. The number of aromatic nitrogens is 3. The second-order valence-corrected chi connectivity index (χ2v) is 4.08. The van der Waals surface area contributed by atoms with Crippen molar-refractivity contribution in [3.05, 3.63) is 41.3 Å². The van der Waals surface area contributed by atoms with Crippen molar-refractivity contribution in [2.24, 2.45) is 0 Å². The molecule has 0 saturated heterocycles. The molecule has 0 aliphatic heterocycles. The molecule has 2 heterocycles. The van der Waals surface area contributed by atoms with Crippen LogP contribution in [0.4, 0.5) is 5.95 Å². The molecular weight excluding hydrogens is 252 g/mol. The van der Waals surface area contributed by atoms with E-state index in [0.29, 0.717) is 12.5 Å². The van der Waals surface area contributed by atoms with Crippen LogP contribution in [0.3, 0.4) is 0 Å². The summed E-state index contributed by atoms with van der Waals surface area (Å²) in [6, 6.07) is 5.52. The lowest BCUT2D eigenvalue weighted by Crippen LogP contribution is -2.03. The van der Waals surface area contributed by atoms with E-state index in [1.54, 1.807) is 18.5 Å². The van der Waals surface area contributed by atoms with Crippen molar-refractivity contribution >= 4 is 17.5 Å². The molecule has 94 valence electrons. The average Bonchev–Trinajstić information content (AvgIpc) is 2.35. The van der Waals surface area contributed by atoms with Crippen LogP contribution in [0.1, 0.15) is 12.0 Å². The van der Waals surface area contributed by atoms with Crippen molar-refractivity contribution in [2.45, 2.75) is 12.8 Å². The zero-order chi connectivity index (χ0) is 12.8. The van der Waals surface area contributed by atoms with Gasteiger partial charge in [0.05, 0.1) is 6.61 Å². The SMILES string of the molecule is Nc1nc(Cl)cc(OCCCc2ccncc2)n1. The molecule has 0 fully saturated rings. The maximum atomic E-state index is 5.74. The van der Waals surface area contributed by atoms with Crippen LogP contribution in [0.5, 0.6) is 5.88 Å². The Morgan fingerprint density at radius 2 is 2.00 bits per heavy atom. The molecule has 0 atom stereocenters. The van der Waals surface area contributed by atoms with Gasteiger partial charge in [-0.1, -0.05) is 11.6 Å². The van der Waals surface area contributed by atoms with Crippen molar-refractivity contribution < 1.29 is 4.74 Å². The summed E-state index contributed by atoms with van der Waals surface area (Å²) in [5, 5.41) is 0.284. The normalized spacial score (nSPS) is 10.3. The maximum Gasteiger partial charge on any atom is 0.224 e. The lowest BCUT2D eigenvalue weighted by atomic mass is 10.1. The number of rotatable bonds is 5. The molecule has 6 heteroatoms. The monoisotopic (exact) mass is 264 g/mol. The molecule has 5 nitrogen and oxygen atoms in total. The maximum absolute atomic E-state index is 5.74. The first-order chi connectivity index (χ1) is 8.74. The molecule has 0 aliphatic rings. The Labute approximate surface area is 110 Å². The standard InChI is InChI=1S/C12H13ClN4O/c13-10-8-11(17-12(14)16-10)18-7-1-2-9-3-5-15-6-4-9/h3-6,8H,1-2,7H2,(H2,14,16,17). The minimum Gasteiger partial charge on any atom is -0.477 e. The molecule has 2 rings (SSSR count).